The number of hydrogen-bond donors (Lipinski definition) is 2. The fraction of sp³-hybridized carbons (Fsp3) is 0.455. The van der Waals surface area contributed by atoms with Crippen molar-refractivity contribution >= 4 is 6.08 Å². The number of ether oxygens (including phenoxy) is 1. The molecular weight excluding hydrogens is 312 g/mol. The van der Waals surface area contributed by atoms with Crippen LogP contribution >= 0.6 is 0 Å². The monoisotopic (exact) mass is 342 g/mol. The molecular formula is C22H30O3. The van der Waals surface area contributed by atoms with Crippen molar-refractivity contribution in [3.8, 4) is 11.5 Å². The number of fused-ring (bicyclic) bond motifs is 1. The minimum absolute atomic E-state index is 0.140. The molecule has 0 spiro atoms. The summed E-state index contributed by atoms with van der Waals surface area (Å²) in [5.74, 6) is 1.03. The van der Waals surface area contributed by atoms with Gasteiger partial charge in [0.05, 0.1) is 12.2 Å². The highest BCUT2D eigenvalue weighted by atomic mass is 16.5. The molecule has 2 N–H and O–H groups in total. The third-order valence-electron chi connectivity index (χ3n) is 4.62. The van der Waals surface area contributed by atoms with Gasteiger partial charge in [0.1, 0.15) is 17.1 Å². The first-order valence-corrected chi connectivity index (χ1v) is 8.97. The van der Waals surface area contributed by atoms with Gasteiger partial charge in [-0.05, 0) is 83.2 Å². The van der Waals surface area contributed by atoms with Crippen LogP contribution in [0.3, 0.4) is 0 Å². The van der Waals surface area contributed by atoms with E-state index in [0.717, 1.165) is 48.1 Å². The first kappa shape index (κ1) is 19.3. The summed E-state index contributed by atoms with van der Waals surface area (Å²) >= 11 is 0. The van der Waals surface area contributed by atoms with Crippen LogP contribution in [-0.4, -0.2) is 22.4 Å². The van der Waals surface area contributed by atoms with E-state index in [2.05, 4.69) is 26.0 Å². The second-order valence-corrected chi connectivity index (χ2v) is 7.28. The maximum Gasteiger partial charge on any atom is 0.131 e. The number of phenolic OH excluding ortho intramolecular Hbond substituents is 1. The number of allylic oxidation sites excluding steroid dienone is 3. The van der Waals surface area contributed by atoms with Gasteiger partial charge in [0.15, 0.2) is 0 Å². The smallest absolute Gasteiger partial charge is 0.131 e. The van der Waals surface area contributed by atoms with Crippen LogP contribution in [0.5, 0.6) is 11.5 Å². The fourth-order valence-corrected chi connectivity index (χ4v) is 2.99. The molecule has 0 amide bonds. The zero-order valence-electron chi connectivity index (χ0n) is 15.8. The van der Waals surface area contributed by atoms with Gasteiger partial charge in [-0.15, -0.1) is 0 Å². The quantitative estimate of drug-likeness (QED) is 0.660. The summed E-state index contributed by atoms with van der Waals surface area (Å²) in [5.41, 5.74) is 3.80. The molecule has 0 aliphatic carbocycles. The molecule has 1 aromatic carbocycles. The molecule has 1 atom stereocenters. The first-order chi connectivity index (χ1) is 11.8. The molecule has 0 bridgehead atoms. The SMILES string of the molecule is CC(=CCCC(C)=CCC[C@]1(C)C=Cc2c(O)cc(C)cc2O1)CO. The van der Waals surface area contributed by atoms with Crippen molar-refractivity contribution in [3.63, 3.8) is 0 Å². The molecule has 0 aromatic heterocycles. The number of phenols is 1. The Labute approximate surface area is 151 Å². The molecule has 3 heteroatoms. The second kappa shape index (κ2) is 8.39. The van der Waals surface area contributed by atoms with Crippen molar-refractivity contribution in [2.24, 2.45) is 0 Å². The summed E-state index contributed by atoms with van der Waals surface area (Å²) in [6.07, 6.45) is 12.2. The Kier molecular flexibility index (Phi) is 6.49. The minimum atomic E-state index is -0.350. The molecule has 1 aromatic rings. The van der Waals surface area contributed by atoms with Crippen molar-refractivity contribution < 1.29 is 14.9 Å². The van der Waals surface area contributed by atoms with Crippen molar-refractivity contribution in [1.29, 1.82) is 0 Å². The summed E-state index contributed by atoms with van der Waals surface area (Å²) in [7, 11) is 0. The van der Waals surface area contributed by atoms with E-state index >= 15 is 0 Å². The molecule has 0 saturated heterocycles. The van der Waals surface area contributed by atoms with Gasteiger partial charge in [0.25, 0.3) is 0 Å². The van der Waals surface area contributed by atoms with Crippen molar-refractivity contribution in [2.75, 3.05) is 6.61 Å². The number of aromatic hydroxyl groups is 1. The van der Waals surface area contributed by atoms with Gasteiger partial charge < -0.3 is 14.9 Å². The van der Waals surface area contributed by atoms with Gasteiger partial charge in [0, 0.05) is 0 Å². The molecule has 1 aliphatic heterocycles. The third kappa shape index (κ3) is 5.50. The number of benzene rings is 1. The lowest BCUT2D eigenvalue weighted by Gasteiger charge is -2.32. The Morgan fingerprint density at radius 1 is 1.16 bits per heavy atom. The summed E-state index contributed by atoms with van der Waals surface area (Å²) in [6.45, 7) is 8.28. The summed E-state index contributed by atoms with van der Waals surface area (Å²) < 4.78 is 6.18. The van der Waals surface area contributed by atoms with E-state index in [1.165, 1.54) is 5.57 Å². The summed E-state index contributed by atoms with van der Waals surface area (Å²) in [4.78, 5) is 0. The van der Waals surface area contributed by atoms with Crippen LogP contribution in [0.2, 0.25) is 0 Å². The normalized spacial score (nSPS) is 20.4. The lowest BCUT2D eigenvalue weighted by molar-refractivity contribution is 0.128. The summed E-state index contributed by atoms with van der Waals surface area (Å²) in [5, 5.41) is 19.0. The fourth-order valence-electron chi connectivity index (χ4n) is 2.99. The zero-order chi connectivity index (χ0) is 18.4. The predicted octanol–water partition coefficient (Wildman–Crippen LogP) is 5.31. The predicted molar refractivity (Wildman–Crippen MR) is 104 cm³/mol. The second-order valence-electron chi connectivity index (χ2n) is 7.28. The van der Waals surface area contributed by atoms with Crippen LogP contribution in [0.1, 0.15) is 57.6 Å². The Balaban J connectivity index is 1.92. The average Bonchev–Trinajstić information content (AvgIpc) is 2.53. The van der Waals surface area contributed by atoms with Gasteiger partial charge in [-0.25, -0.2) is 0 Å². The molecule has 0 unspecified atom stereocenters. The standard InChI is InChI=1S/C22H30O3/c1-16(7-5-8-17(2)15-23)9-6-11-22(4)12-10-19-20(24)13-18(3)14-21(19)25-22/h8-10,12-14,23-24H,5-7,11,15H2,1-4H3/t22-/m1/s1. The number of aliphatic hydroxyl groups is 1. The van der Waals surface area contributed by atoms with E-state index in [-0.39, 0.29) is 18.0 Å². The number of rotatable bonds is 7. The van der Waals surface area contributed by atoms with E-state index in [1.54, 1.807) is 6.07 Å². The Bertz CT molecular complexity index is 697. The van der Waals surface area contributed by atoms with Crippen LogP contribution in [0, 0.1) is 6.92 Å². The Morgan fingerprint density at radius 3 is 2.60 bits per heavy atom. The molecule has 0 radical (unpaired) electrons. The van der Waals surface area contributed by atoms with Crippen LogP contribution < -0.4 is 4.74 Å². The Hall–Kier alpha value is -2.00. The van der Waals surface area contributed by atoms with Crippen molar-refractivity contribution in [2.45, 2.75) is 59.0 Å². The van der Waals surface area contributed by atoms with Gasteiger partial charge >= 0.3 is 0 Å². The lowest BCUT2D eigenvalue weighted by atomic mass is 9.93. The first-order valence-electron chi connectivity index (χ1n) is 8.97. The summed E-state index contributed by atoms with van der Waals surface area (Å²) in [6, 6.07) is 3.74. The van der Waals surface area contributed by atoms with E-state index in [9.17, 15) is 5.11 Å². The molecule has 136 valence electrons. The average molecular weight is 342 g/mol. The van der Waals surface area contributed by atoms with Crippen LogP contribution in [0.25, 0.3) is 6.08 Å². The van der Waals surface area contributed by atoms with Gasteiger partial charge in [-0.2, -0.15) is 0 Å². The molecule has 2 rings (SSSR count). The molecule has 1 heterocycles. The van der Waals surface area contributed by atoms with E-state index in [4.69, 9.17) is 9.84 Å². The Morgan fingerprint density at radius 2 is 1.88 bits per heavy atom. The molecule has 25 heavy (non-hydrogen) atoms. The van der Waals surface area contributed by atoms with Crippen molar-refractivity contribution in [3.05, 3.63) is 52.6 Å². The maximum atomic E-state index is 10.0. The van der Waals surface area contributed by atoms with Crippen molar-refractivity contribution in [1.82, 2.24) is 0 Å². The molecule has 3 nitrogen and oxygen atoms in total. The highest BCUT2D eigenvalue weighted by Gasteiger charge is 2.27. The number of hydrogen-bond acceptors (Lipinski definition) is 3. The van der Waals surface area contributed by atoms with Crippen LogP contribution in [0.4, 0.5) is 0 Å². The minimum Gasteiger partial charge on any atom is -0.507 e. The highest BCUT2D eigenvalue weighted by Crippen LogP contribution is 2.38. The molecule has 1 aliphatic rings. The van der Waals surface area contributed by atoms with Gasteiger partial charge in [0.2, 0.25) is 0 Å². The van der Waals surface area contributed by atoms with Crippen LogP contribution in [0.15, 0.2) is 41.5 Å². The third-order valence-corrected chi connectivity index (χ3v) is 4.62. The molecule has 0 fully saturated rings. The largest absolute Gasteiger partial charge is 0.507 e. The lowest BCUT2D eigenvalue weighted by Crippen LogP contribution is -2.31. The van der Waals surface area contributed by atoms with E-state index in [1.807, 2.05) is 32.1 Å². The number of aryl methyl sites for hydroxylation is 1. The number of aliphatic hydroxyl groups excluding tert-OH is 1. The van der Waals surface area contributed by atoms with E-state index in [0.29, 0.717) is 0 Å². The molecule has 0 saturated carbocycles. The zero-order valence-corrected chi connectivity index (χ0v) is 15.8. The maximum absolute atomic E-state index is 10.0. The van der Waals surface area contributed by atoms with Crippen LogP contribution in [-0.2, 0) is 0 Å². The van der Waals surface area contributed by atoms with Gasteiger partial charge in [-0.1, -0.05) is 23.3 Å². The van der Waals surface area contributed by atoms with Gasteiger partial charge in [-0.3, -0.25) is 0 Å². The topological polar surface area (TPSA) is 49.7 Å². The van der Waals surface area contributed by atoms with E-state index < -0.39 is 0 Å². The highest BCUT2D eigenvalue weighted by molar-refractivity contribution is 5.67.